The van der Waals surface area contributed by atoms with Gasteiger partial charge in [0.15, 0.2) is 0 Å². The second kappa shape index (κ2) is 9.35. The number of benzene rings is 2. The number of terminal acetylenes is 1. The number of fused-ring (bicyclic) bond motifs is 1. The third-order valence-corrected chi connectivity index (χ3v) is 5.73. The molecular formula is C24H27ClN2O2. The summed E-state index contributed by atoms with van der Waals surface area (Å²) >= 11 is 6.31. The van der Waals surface area contributed by atoms with Crippen molar-refractivity contribution in [3.63, 3.8) is 0 Å². The molecule has 0 fully saturated rings. The molecule has 0 radical (unpaired) electrons. The highest BCUT2D eigenvalue weighted by Gasteiger charge is 2.37. The zero-order valence-corrected chi connectivity index (χ0v) is 17.9. The first-order valence-electron chi connectivity index (χ1n) is 9.76. The molecule has 0 unspecified atom stereocenters. The minimum absolute atomic E-state index is 0.0222. The molecule has 0 spiro atoms. The van der Waals surface area contributed by atoms with E-state index in [1.165, 1.54) is 0 Å². The lowest BCUT2D eigenvalue weighted by atomic mass is 9.80. The van der Waals surface area contributed by atoms with Crippen LogP contribution in [0.25, 0.3) is 0 Å². The van der Waals surface area contributed by atoms with Gasteiger partial charge in [-0.3, -0.25) is 4.79 Å². The minimum atomic E-state index is -0.290. The van der Waals surface area contributed by atoms with Crippen LogP contribution >= 0.6 is 11.6 Å². The molecule has 0 saturated carbocycles. The molecule has 2 aromatic rings. The lowest BCUT2D eigenvalue weighted by molar-refractivity contribution is -0.122. The molecule has 1 aliphatic rings. The number of hydrogen-bond donors (Lipinski definition) is 0. The quantitative estimate of drug-likeness (QED) is 0.668. The van der Waals surface area contributed by atoms with E-state index in [9.17, 15) is 4.79 Å². The lowest BCUT2D eigenvalue weighted by Crippen LogP contribution is -2.41. The number of ether oxygens (including phenoxy) is 1. The summed E-state index contributed by atoms with van der Waals surface area (Å²) in [6.07, 6.45) is 6.79. The summed E-state index contributed by atoms with van der Waals surface area (Å²) in [7, 11) is 5.65. The molecule has 4 nitrogen and oxygen atoms in total. The van der Waals surface area contributed by atoms with Crippen LogP contribution in [0.1, 0.15) is 23.5 Å². The number of hydrogen-bond acceptors (Lipinski definition) is 3. The predicted octanol–water partition coefficient (Wildman–Crippen LogP) is 4.22. The molecule has 0 bridgehead atoms. The maximum Gasteiger partial charge on any atom is 0.231 e. The molecule has 3 rings (SSSR count). The van der Waals surface area contributed by atoms with E-state index in [4.69, 9.17) is 22.8 Å². The molecule has 0 aliphatic carbocycles. The topological polar surface area (TPSA) is 32.8 Å². The van der Waals surface area contributed by atoms with E-state index in [2.05, 4.69) is 10.8 Å². The summed E-state index contributed by atoms with van der Waals surface area (Å²) in [5.74, 6) is 3.29. The lowest BCUT2D eigenvalue weighted by Gasteiger charge is -2.28. The van der Waals surface area contributed by atoms with Gasteiger partial charge in [-0.05, 0) is 62.0 Å². The van der Waals surface area contributed by atoms with Crippen molar-refractivity contribution in [3.8, 4) is 18.1 Å². The van der Waals surface area contributed by atoms with Crippen LogP contribution in [0.5, 0.6) is 5.75 Å². The number of amides is 1. The first-order valence-corrected chi connectivity index (χ1v) is 10.1. The Balaban J connectivity index is 2.07. The summed E-state index contributed by atoms with van der Waals surface area (Å²) in [5, 5.41) is 0.674. The van der Waals surface area contributed by atoms with Crippen LogP contribution in [0, 0.1) is 18.3 Å². The molecule has 0 aromatic heterocycles. The fourth-order valence-electron chi connectivity index (χ4n) is 3.94. The van der Waals surface area contributed by atoms with E-state index < -0.39 is 0 Å². The number of carbonyl (C=O) groups excluding carboxylic acids is 1. The van der Waals surface area contributed by atoms with Crippen molar-refractivity contribution < 1.29 is 9.53 Å². The second-order valence-electron chi connectivity index (χ2n) is 7.66. The number of methoxy groups -OCH3 is 1. The Labute approximate surface area is 178 Å². The Morgan fingerprint density at radius 3 is 2.59 bits per heavy atom. The largest absolute Gasteiger partial charge is 0.497 e. The second-order valence-corrected chi connectivity index (χ2v) is 8.10. The van der Waals surface area contributed by atoms with E-state index in [1.807, 2.05) is 61.5 Å². The number of rotatable bonds is 6. The molecule has 2 atom stereocenters. The highest BCUT2D eigenvalue weighted by Crippen LogP contribution is 2.40. The van der Waals surface area contributed by atoms with Gasteiger partial charge in [0.1, 0.15) is 5.75 Å². The van der Waals surface area contributed by atoms with Gasteiger partial charge in [-0.1, -0.05) is 23.7 Å². The van der Waals surface area contributed by atoms with E-state index in [-0.39, 0.29) is 17.7 Å². The van der Waals surface area contributed by atoms with Crippen molar-refractivity contribution in [1.82, 2.24) is 4.90 Å². The molecule has 2 aromatic carbocycles. The monoisotopic (exact) mass is 410 g/mol. The van der Waals surface area contributed by atoms with Gasteiger partial charge in [-0.25, -0.2) is 0 Å². The molecule has 0 N–H and O–H groups in total. The van der Waals surface area contributed by atoms with Crippen LogP contribution in [0.4, 0.5) is 5.69 Å². The Kier molecular flexibility index (Phi) is 6.84. The average Bonchev–Trinajstić information content (AvgIpc) is 2.81. The van der Waals surface area contributed by atoms with Gasteiger partial charge in [0.25, 0.3) is 0 Å². The van der Waals surface area contributed by atoms with Crippen LogP contribution in [-0.2, 0) is 11.2 Å². The van der Waals surface area contributed by atoms with E-state index in [0.29, 0.717) is 24.4 Å². The third kappa shape index (κ3) is 4.75. The van der Waals surface area contributed by atoms with Gasteiger partial charge in [0.05, 0.1) is 13.0 Å². The summed E-state index contributed by atoms with van der Waals surface area (Å²) < 4.78 is 5.29. The van der Waals surface area contributed by atoms with Crippen LogP contribution < -0.4 is 9.64 Å². The predicted molar refractivity (Wildman–Crippen MR) is 119 cm³/mol. The molecule has 152 valence electrons. The Hall–Kier alpha value is -2.48. The number of halogens is 1. The van der Waals surface area contributed by atoms with Crippen molar-refractivity contribution in [2.75, 3.05) is 39.2 Å². The van der Waals surface area contributed by atoms with Gasteiger partial charge in [-0.15, -0.1) is 12.3 Å². The van der Waals surface area contributed by atoms with Crippen molar-refractivity contribution in [2.45, 2.75) is 18.8 Å². The van der Waals surface area contributed by atoms with Crippen LogP contribution in [0.15, 0.2) is 42.5 Å². The summed E-state index contributed by atoms with van der Waals surface area (Å²) in [6, 6.07) is 13.7. The highest BCUT2D eigenvalue weighted by molar-refractivity contribution is 6.30. The molecule has 0 saturated heterocycles. The Morgan fingerprint density at radius 2 is 1.97 bits per heavy atom. The van der Waals surface area contributed by atoms with Crippen molar-refractivity contribution in [2.24, 2.45) is 5.92 Å². The van der Waals surface area contributed by atoms with Gasteiger partial charge in [0, 0.05) is 36.1 Å². The van der Waals surface area contributed by atoms with Crippen molar-refractivity contribution in [3.05, 3.63) is 58.6 Å². The smallest absolute Gasteiger partial charge is 0.231 e. The minimum Gasteiger partial charge on any atom is -0.497 e. The number of nitrogens with zero attached hydrogens (tertiary/aromatic N) is 2. The Morgan fingerprint density at radius 1 is 1.24 bits per heavy atom. The Bertz CT molecular complexity index is 902. The summed E-state index contributed by atoms with van der Waals surface area (Å²) in [5.41, 5.74) is 3.09. The van der Waals surface area contributed by atoms with E-state index >= 15 is 0 Å². The van der Waals surface area contributed by atoms with Gasteiger partial charge in [0.2, 0.25) is 5.91 Å². The van der Waals surface area contributed by atoms with E-state index in [0.717, 1.165) is 29.1 Å². The standard InChI is InChI=1S/C24H27ClN2O2/c1-5-6-21-22(17-7-10-20(29-4)11-8-17)16-18-15-19(25)9-12-23(18)27(24(21)28)14-13-26(2)3/h1,7-12,15,21-22H,6,13-14,16H2,2-4H3/t21-,22+/m1/s1. The normalized spacial score (nSPS) is 18.9. The molecule has 29 heavy (non-hydrogen) atoms. The fourth-order valence-corrected chi connectivity index (χ4v) is 4.13. The summed E-state index contributed by atoms with van der Waals surface area (Å²) in [4.78, 5) is 17.6. The van der Waals surface area contributed by atoms with Crippen molar-refractivity contribution >= 4 is 23.2 Å². The van der Waals surface area contributed by atoms with Crippen LogP contribution in [-0.4, -0.2) is 45.1 Å². The zero-order chi connectivity index (χ0) is 21.0. The van der Waals surface area contributed by atoms with E-state index in [1.54, 1.807) is 7.11 Å². The first-order chi connectivity index (χ1) is 13.9. The molecule has 1 amide bonds. The maximum absolute atomic E-state index is 13.7. The molecule has 1 aliphatic heterocycles. The molecule has 1 heterocycles. The number of anilines is 1. The molecular weight excluding hydrogens is 384 g/mol. The zero-order valence-electron chi connectivity index (χ0n) is 17.2. The number of carbonyl (C=O) groups is 1. The fraction of sp³-hybridized carbons (Fsp3) is 0.375. The van der Waals surface area contributed by atoms with Crippen LogP contribution in [0.2, 0.25) is 5.02 Å². The SMILES string of the molecule is C#CC[C@H]1C(=O)N(CCN(C)C)c2ccc(Cl)cc2C[C@H]1c1ccc(OC)cc1. The molecule has 5 heteroatoms. The van der Waals surface area contributed by atoms with Gasteiger partial charge < -0.3 is 14.5 Å². The third-order valence-electron chi connectivity index (χ3n) is 5.49. The number of likely N-dealkylation sites (N-methyl/N-ethyl adjacent to an activating group) is 1. The van der Waals surface area contributed by atoms with Crippen LogP contribution in [0.3, 0.4) is 0 Å². The first kappa shape index (κ1) is 21.2. The maximum atomic E-state index is 13.7. The highest BCUT2D eigenvalue weighted by atomic mass is 35.5. The van der Waals surface area contributed by atoms with Gasteiger partial charge >= 0.3 is 0 Å². The average molecular weight is 411 g/mol. The van der Waals surface area contributed by atoms with Gasteiger partial charge in [-0.2, -0.15) is 0 Å². The van der Waals surface area contributed by atoms with Crippen molar-refractivity contribution in [1.29, 1.82) is 0 Å². The summed E-state index contributed by atoms with van der Waals surface area (Å²) in [6.45, 7) is 1.38.